The molecule has 0 saturated carbocycles. The minimum atomic E-state index is -4.54. The van der Waals surface area contributed by atoms with Crippen LogP contribution in [0.5, 0.6) is 0 Å². The fraction of sp³-hybridized carbons (Fsp3) is 0.500. The lowest BCUT2D eigenvalue weighted by Crippen LogP contribution is -2.23. The van der Waals surface area contributed by atoms with Gasteiger partial charge in [-0.1, -0.05) is 0 Å². The van der Waals surface area contributed by atoms with E-state index in [0.717, 1.165) is 0 Å². The van der Waals surface area contributed by atoms with Crippen molar-refractivity contribution in [2.24, 2.45) is 0 Å². The van der Waals surface area contributed by atoms with Crippen molar-refractivity contribution in [1.29, 1.82) is 0 Å². The van der Waals surface area contributed by atoms with E-state index in [-0.39, 0.29) is 0 Å². The molecule has 2 N–H and O–H groups in total. The molecule has 5 nitrogen and oxygen atoms in total. The summed E-state index contributed by atoms with van der Waals surface area (Å²) >= 11 is 3.07. The van der Waals surface area contributed by atoms with Crippen LogP contribution in [0, 0.1) is 0 Å². The van der Waals surface area contributed by atoms with Crippen LogP contribution in [0.1, 0.15) is 0 Å². The van der Waals surface area contributed by atoms with Crippen molar-refractivity contribution < 1.29 is 22.9 Å². The van der Waals surface area contributed by atoms with Gasteiger partial charge in [-0.25, -0.2) is 4.79 Å². The van der Waals surface area contributed by atoms with Gasteiger partial charge in [0.05, 0.1) is 0 Å². The fourth-order valence-electron chi connectivity index (χ4n) is 0.127. The van der Waals surface area contributed by atoms with E-state index < -0.39 is 20.7 Å². The van der Waals surface area contributed by atoms with Crippen LogP contribution < -0.4 is 0 Å². The highest BCUT2D eigenvalue weighted by Gasteiger charge is 2.25. The number of rotatable bonds is 2. The monoisotopic (exact) mass is 172 g/mol. The third-order valence-electron chi connectivity index (χ3n) is 0.493. The first-order chi connectivity index (χ1) is 3.85. The molecule has 7 heteroatoms. The summed E-state index contributed by atoms with van der Waals surface area (Å²) in [6.45, 7) is 0. The fourth-order valence-corrected chi connectivity index (χ4v) is 0.382. The smallest absolute Gasteiger partial charge is 0.334 e. The summed E-state index contributed by atoms with van der Waals surface area (Å²) in [5.74, 6) is -1.69. The van der Waals surface area contributed by atoms with Crippen LogP contribution in [0.2, 0.25) is 0 Å². The van der Waals surface area contributed by atoms with Gasteiger partial charge in [0.2, 0.25) is 4.58 Å². The molecule has 0 aliphatic carbocycles. The van der Waals surface area contributed by atoms with Crippen LogP contribution in [0.25, 0.3) is 0 Å². The van der Waals surface area contributed by atoms with Crippen LogP contribution in [-0.4, -0.2) is 28.6 Å². The third kappa shape index (κ3) is 2.68. The first-order valence-electron chi connectivity index (χ1n) is 1.73. The number of carboxylic acid groups (broad SMARTS) is 1. The lowest BCUT2D eigenvalue weighted by atomic mass is 10.8. The van der Waals surface area contributed by atoms with Gasteiger partial charge in [-0.2, -0.15) is 8.42 Å². The van der Waals surface area contributed by atoms with Crippen molar-refractivity contribution in [3.05, 3.63) is 0 Å². The Hall–Kier alpha value is -0.270. The number of aliphatic carboxylic acids is 1. The highest BCUT2D eigenvalue weighted by molar-refractivity contribution is 8.02. The SMILES string of the molecule is O=C(O)C(S)S(=O)(=O)O. The maximum atomic E-state index is 9.87. The van der Waals surface area contributed by atoms with Crippen molar-refractivity contribution in [1.82, 2.24) is 0 Å². The highest BCUT2D eigenvalue weighted by Crippen LogP contribution is 2.02. The Morgan fingerprint density at radius 2 is 1.89 bits per heavy atom. The van der Waals surface area contributed by atoms with Gasteiger partial charge in [0.15, 0.2) is 0 Å². The van der Waals surface area contributed by atoms with E-state index in [1.807, 2.05) is 0 Å². The molecule has 0 aliphatic heterocycles. The van der Waals surface area contributed by atoms with Crippen LogP contribution in [0.15, 0.2) is 0 Å². The van der Waals surface area contributed by atoms with Crippen molar-refractivity contribution in [3.8, 4) is 0 Å². The van der Waals surface area contributed by atoms with Crippen LogP contribution in [0.3, 0.4) is 0 Å². The topological polar surface area (TPSA) is 91.7 Å². The average Bonchev–Trinajstić information content (AvgIpc) is 1.62. The zero-order valence-corrected chi connectivity index (χ0v) is 5.76. The van der Waals surface area contributed by atoms with Gasteiger partial charge in [-0.3, -0.25) is 4.55 Å². The van der Waals surface area contributed by atoms with Gasteiger partial charge in [0.25, 0.3) is 10.1 Å². The largest absolute Gasteiger partial charge is 0.480 e. The zero-order chi connectivity index (χ0) is 7.65. The van der Waals surface area contributed by atoms with Crippen molar-refractivity contribution in [2.75, 3.05) is 0 Å². The molecule has 0 amide bonds. The van der Waals surface area contributed by atoms with Crippen molar-refractivity contribution in [3.63, 3.8) is 0 Å². The minimum absolute atomic E-state index is 1.69. The second-order valence-corrected chi connectivity index (χ2v) is 3.57. The van der Waals surface area contributed by atoms with E-state index in [4.69, 9.17) is 9.66 Å². The predicted octanol–water partition coefficient (Wildman–Crippen LogP) is -0.785. The normalized spacial score (nSPS) is 14.9. The molecule has 54 valence electrons. The Morgan fingerprint density at radius 3 is 1.89 bits per heavy atom. The second kappa shape index (κ2) is 2.54. The third-order valence-corrected chi connectivity index (χ3v) is 2.28. The van der Waals surface area contributed by atoms with Gasteiger partial charge in [0.1, 0.15) is 0 Å². The summed E-state index contributed by atoms with van der Waals surface area (Å²) in [5.41, 5.74) is 0. The molecule has 0 aromatic rings. The quantitative estimate of drug-likeness (QED) is 0.375. The molecule has 0 saturated heterocycles. The maximum absolute atomic E-state index is 9.87. The molecule has 1 atom stereocenters. The van der Waals surface area contributed by atoms with Gasteiger partial charge in [-0.05, 0) is 0 Å². The summed E-state index contributed by atoms with van der Waals surface area (Å²) in [6.07, 6.45) is 0. The molecule has 0 aromatic carbocycles. The van der Waals surface area contributed by atoms with Crippen LogP contribution >= 0.6 is 12.6 Å². The molecule has 0 heterocycles. The first kappa shape index (κ1) is 8.73. The van der Waals surface area contributed by atoms with Crippen molar-refractivity contribution >= 4 is 28.7 Å². The summed E-state index contributed by atoms with van der Waals surface area (Å²) in [5, 5.41) is 7.90. The van der Waals surface area contributed by atoms with E-state index in [0.29, 0.717) is 0 Å². The highest BCUT2D eigenvalue weighted by atomic mass is 32.3. The molecule has 0 radical (unpaired) electrons. The standard InChI is InChI=1S/C2H4O5S2/c3-1(4)2(8)9(5,6)7/h2,8H,(H,3,4)(H,5,6,7). The maximum Gasteiger partial charge on any atom is 0.334 e. The van der Waals surface area contributed by atoms with Gasteiger partial charge in [-0.15, -0.1) is 12.6 Å². The molecule has 0 fully saturated rings. The Labute approximate surface area is 56.8 Å². The summed E-state index contributed by atoms with van der Waals surface area (Å²) in [4.78, 5) is 9.73. The van der Waals surface area contributed by atoms with Crippen molar-refractivity contribution in [2.45, 2.75) is 4.58 Å². The average molecular weight is 172 g/mol. The minimum Gasteiger partial charge on any atom is -0.480 e. The number of carbonyl (C=O) groups is 1. The summed E-state index contributed by atoms with van der Waals surface area (Å²) < 4.78 is 25.7. The molecular weight excluding hydrogens is 168 g/mol. The van der Waals surface area contributed by atoms with E-state index in [2.05, 4.69) is 12.6 Å². The molecule has 0 bridgehead atoms. The Morgan fingerprint density at radius 1 is 1.56 bits per heavy atom. The van der Waals surface area contributed by atoms with Gasteiger partial charge >= 0.3 is 5.97 Å². The molecule has 0 aromatic heterocycles. The van der Waals surface area contributed by atoms with Crippen LogP contribution in [0.4, 0.5) is 0 Å². The summed E-state index contributed by atoms with van der Waals surface area (Å²) in [6, 6.07) is 0. The van der Waals surface area contributed by atoms with Crippen LogP contribution in [-0.2, 0) is 14.9 Å². The molecule has 0 rings (SSSR count). The van der Waals surface area contributed by atoms with Gasteiger partial charge < -0.3 is 5.11 Å². The van der Waals surface area contributed by atoms with E-state index in [1.54, 1.807) is 0 Å². The summed E-state index contributed by atoms with van der Waals surface area (Å²) in [7, 11) is -4.54. The molecular formula is C2H4O5S2. The predicted molar refractivity (Wildman–Crippen MR) is 32.0 cm³/mol. The number of carboxylic acids is 1. The lowest BCUT2D eigenvalue weighted by Gasteiger charge is -1.97. The number of thiol groups is 1. The number of hydrogen-bond donors (Lipinski definition) is 3. The van der Waals surface area contributed by atoms with E-state index in [9.17, 15) is 13.2 Å². The second-order valence-electron chi connectivity index (χ2n) is 1.21. The first-order valence-corrected chi connectivity index (χ1v) is 3.75. The Kier molecular flexibility index (Phi) is 2.47. The Bertz CT molecular complexity index is 203. The number of hydrogen-bond acceptors (Lipinski definition) is 4. The lowest BCUT2D eigenvalue weighted by molar-refractivity contribution is -0.134. The molecule has 0 aliphatic rings. The zero-order valence-electron chi connectivity index (χ0n) is 4.05. The van der Waals surface area contributed by atoms with Gasteiger partial charge in [0, 0.05) is 0 Å². The van der Waals surface area contributed by atoms with E-state index in [1.165, 1.54) is 0 Å². The molecule has 9 heavy (non-hydrogen) atoms. The molecule has 1 unspecified atom stereocenters. The van der Waals surface area contributed by atoms with E-state index >= 15 is 0 Å². The Balaban J connectivity index is 4.43. The molecule has 0 spiro atoms.